The highest BCUT2D eigenvalue weighted by Gasteiger charge is 2.47. The summed E-state index contributed by atoms with van der Waals surface area (Å²) in [7, 11) is 0. The van der Waals surface area contributed by atoms with E-state index in [1.54, 1.807) is 25.7 Å². The van der Waals surface area contributed by atoms with Crippen molar-refractivity contribution in [2.45, 2.75) is 59.2 Å². The van der Waals surface area contributed by atoms with E-state index >= 15 is 0 Å². The zero-order chi connectivity index (χ0) is 18.3. The molecule has 2 aliphatic heterocycles. The third kappa shape index (κ3) is 4.39. The minimum absolute atomic E-state index is 0.0729. The fourth-order valence-electron chi connectivity index (χ4n) is 3.02. The molecule has 136 valence electrons. The molecule has 0 unspecified atom stereocenters. The van der Waals surface area contributed by atoms with E-state index in [0.29, 0.717) is 19.5 Å². The van der Waals surface area contributed by atoms with E-state index in [0.717, 1.165) is 0 Å². The van der Waals surface area contributed by atoms with Gasteiger partial charge in [0.15, 0.2) is 0 Å². The van der Waals surface area contributed by atoms with Gasteiger partial charge in [-0.25, -0.2) is 14.5 Å². The van der Waals surface area contributed by atoms with Gasteiger partial charge in [-0.05, 0) is 53.9 Å². The lowest BCUT2D eigenvalue weighted by Gasteiger charge is -2.33. The number of fused-ring (bicyclic) bond motifs is 1. The van der Waals surface area contributed by atoms with Crippen LogP contribution in [0.1, 0.15) is 48.0 Å². The van der Waals surface area contributed by atoms with E-state index in [2.05, 4.69) is 0 Å². The van der Waals surface area contributed by atoms with Gasteiger partial charge in [-0.2, -0.15) is 0 Å². The van der Waals surface area contributed by atoms with Crippen LogP contribution in [-0.2, 0) is 14.3 Å². The molecule has 7 nitrogen and oxygen atoms in total. The smallest absolute Gasteiger partial charge is 0.417 e. The van der Waals surface area contributed by atoms with E-state index in [9.17, 15) is 14.4 Å². The average Bonchev–Trinajstić information content (AvgIpc) is 2.79. The molecule has 24 heavy (non-hydrogen) atoms. The maximum Gasteiger partial charge on any atom is 0.417 e. The predicted molar refractivity (Wildman–Crippen MR) is 87.4 cm³/mol. The van der Waals surface area contributed by atoms with Crippen LogP contribution in [0.25, 0.3) is 0 Å². The van der Waals surface area contributed by atoms with E-state index in [-0.39, 0.29) is 24.3 Å². The van der Waals surface area contributed by atoms with Crippen LogP contribution in [-0.4, -0.2) is 58.7 Å². The zero-order valence-electron chi connectivity index (χ0n) is 15.4. The summed E-state index contributed by atoms with van der Waals surface area (Å²) < 4.78 is 10.7. The Bertz CT molecular complexity index is 532. The first-order chi connectivity index (χ1) is 10.9. The highest BCUT2D eigenvalue weighted by atomic mass is 16.6. The summed E-state index contributed by atoms with van der Waals surface area (Å²) in [5.41, 5.74) is -1.22. The van der Waals surface area contributed by atoms with Gasteiger partial charge in [0, 0.05) is 19.6 Å². The van der Waals surface area contributed by atoms with Crippen molar-refractivity contribution >= 4 is 18.1 Å². The number of rotatable bonds is 0. The van der Waals surface area contributed by atoms with Crippen molar-refractivity contribution in [1.82, 2.24) is 9.80 Å². The maximum absolute atomic E-state index is 12.6. The van der Waals surface area contributed by atoms with Gasteiger partial charge in [0.25, 0.3) is 0 Å². The summed E-state index contributed by atoms with van der Waals surface area (Å²) in [6.07, 6.45) is -0.343. The molecule has 2 heterocycles. The van der Waals surface area contributed by atoms with Gasteiger partial charge >= 0.3 is 12.2 Å². The number of amides is 3. The Morgan fingerprint density at radius 1 is 0.958 bits per heavy atom. The lowest BCUT2D eigenvalue weighted by atomic mass is 9.88. The molecule has 2 aliphatic rings. The molecule has 7 heteroatoms. The molecule has 0 saturated carbocycles. The van der Waals surface area contributed by atoms with Crippen LogP contribution in [0.4, 0.5) is 9.59 Å². The zero-order valence-corrected chi connectivity index (χ0v) is 15.4. The first-order valence-corrected chi connectivity index (χ1v) is 8.40. The quantitative estimate of drug-likeness (QED) is 0.677. The largest absolute Gasteiger partial charge is 0.444 e. The molecular formula is C17H28N2O5. The van der Waals surface area contributed by atoms with Crippen molar-refractivity contribution in [3.63, 3.8) is 0 Å². The van der Waals surface area contributed by atoms with Gasteiger partial charge in [0.1, 0.15) is 11.2 Å². The minimum Gasteiger partial charge on any atom is -0.444 e. The molecule has 2 fully saturated rings. The second kappa shape index (κ2) is 6.26. The topological polar surface area (TPSA) is 76.2 Å². The molecule has 2 atom stereocenters. The molecule has 0 N–H and O–H groups in total. The molecule has 3 amide bonds. The summed E-state index contributed by atoms with van der Waals surface area (Å²) in [5.74, 6) is -0.547. The van der Waals surface area contributed by atoms with Crippen molar-refractivity contribution in [2.75, 3.05) is 19.6 Å². The number of imide groups is 1. The normalized spacial score (nSPS) is 24.7. The first kappa shape index (κ1) is 18.5. The summed E-state index contributed by atoms with van der Waals surface area (Å²) in [6.45, 7) is 11.8. The van der Waals surface area contributed by atoms with Crippen LogP contribution in [0.5, 0.6) is 0 Å². The Kier molecular flexibility index (Phi) is 4.84. The van der Waals surface area contributed by atoms with Crippen LogP contribution < -0.4 is 0 Å². The summed E-state index contributed by atoms with van der Waals surface area (Å²) >= 11 is 0. The van der Waals surface area contributed by atoms with Gasteiger partial charge in [0.2, 0.25) is 5.91 Å². The van der Waals surface area contributed by atoms with Crippen molar-refractivity contribution in [3.05, 3.63) is 0 Å². The number of ether oxygens (including phenoxy) is 2. The average molecular weight is 340 g/mol. The lowest BCUT2D eigenvalue weighted by molar-refractivity contribution is -0.138. The number of carbonyl (C=O) groups excluding carboxylic acids is 3. The first-order valence-electron chi connectivity index (χ1n) is 8.40. The van der Waals surface area contributed by atoms with Crippen LogP contribution in [0, 0.1) is 11.8 Å². The van der Waals surface area contributed by atoms with Gasteiger partial charge in [0.05, 0.1) is 5.92 Å². The fraction of sp³-hybridized carbons (Fsp3) is 0.824. The standard InChI is InChI=1S/C17H28N2O5/c1-16(2,3)23-14(21)18-9-11-7-8-19(13(20)12(11)10-18)15(22)24-17(4,5)6/h11-12H,7-10H2,1-6H3/t11-,12+/m0/s1. The summed E-state index contributed by atoms with van der Waals surface area (Å²) in [5, 5.41) is 0. The van der Waals surface area contributed by atoms with Gasteiger partial charge < -0.3 is 14.4 Å². The van der Waals surface area contributed by atoms with Crippen LogP contribution in [0.3, 0.4) is 0 Å². The van der Waals surface area contributed by atoms with Crippen molar-refractivity contribution in [3.8, 4) is 0 Å². The SMILES string of the molecule is CC(C)(C)OC(=O)N1C[C@@H]2CCN(C(=O)OC(C)(C)C)C(=O)[C@@H]2C1. The Labute approximate surface area is 143 Å². The minimum atomic E-state index is -0.646. The molecule has 0 aromatic rings. The Morgan fingerprint density at radius 2 is 1.50 bits per heavy atom. The van der Waals surface area contributed by atoms with Crippen LogP contribution in [0.15, 0.2) is 0 Å². The number of hydrogen-bond donors (Lipinski definition) is 0. The Balaban J connectivity index is 2.01. The third-order valence-electron chi connectivity index (χ3n) is 4.01. The monoisotopic (exact) mass is 340 g/mol. The van der Waals surface area contributed by atoms with Crippen LogP contribution in [0.2, 0.25) is 0 Å². The number of carbonyl (C=O) groups is 3. The molecule has 0 bridgehead atoms. The lowest BCUT2D eigenvalue weighted by Crippen LogP contribution is -2.49. The number of piperidine rings is 1. The molecule has 0 aromatic heterocycles. The Morgan fingerprint density at radius 3 is 2.04 bits per heavy atom. The molecule has 2 rings (SSSR count). The number of nitrogens with zero attached hydrogens (tertiary/aromatic N) is 2. The number of likely N-dealkylation sites (tertiary alicyclic amines) is 2. The maximum atomic E-state index is 12.6. The van der Waals surface area contributed by atoms with Crippen molar-refractivity contribution in [1.29, 1.82) is 0 Å². The van der Waals surface area contributed by atoms with Crippen LogP contribution >= 0.6 is 0 Å². The summed E-state index contributed by atoms with van der Waals surface area (Å²) in [4.78, 5) is 39.8. The van der Waals surface area contributed by atoms with Gasteiger partial charge in [-0.15, -0.1) is 0 Å². The van der Waals surface area contributed by atoms with Crippen molar-refractivity contribution in [2.24, 2.45) is 11.8 Å². The fourth-order valence-corrected chi connectivity index (χ4v) is 3.02. The molecule has 0 radical (unpaired) electrons. The second-order valence-electron chi connectivity index (χ2n) is 8.51. The summed E-state index contributed by atoms with van der Waals surface area (Å²) in [6, 6.07) is 0. The van der Waals surface area contributed by atoms with Crippen molar-refractivity contribution < 1.29 is 23.9 Å². The molecular weight excluding hydrogens is 312 g/mol. The van der Waals surface area contributed by atoms with Gasteiger partial charge in [-0.3, -0.25) is 4.79 Å². The highest BCUT2D eigenvalue weighted by Crippen LogP contribution is 2.33. The molecule has 0 spiro atoms. The second-order valence-corrected chi connectivity index (χ2v) is 8.51. The van der Waals surface area contributed by atoms with E-state index in [1.807, 2.05) is 20.8 Å². The molecule has 2 saturated heterocycles. The van der Waals surface area contributed by atoms with E-state index < -0.39 is 23.4 Å². The third-order valence-corrected chi connectivity index (χ3v) is 4.01. The molecule has 0 aromatic carbocycles. The highest BCUT2D eigenvalue weighted by molar-refractivity contribution is 5.94. The predicted octanol–water partition coefficient (Wildman–Crippen LogP) is 2.64. The van der Waals surface area contributed by atoms with E-state index in [4.69, 9.17) is 9.47 Å². The molecule has 0 aliphatic carbocycles. The number of hydrogen-bond acceptors (Lipinski definition) is 5. The van der Waals surface area contributed by atoms with Gasteiger partial charge in [-0.1, -0.05) is 0 Å². The van der Waals surface area contributed by atoms with E-state index in [1.165, 1.54) is 4.90 Å². The Hall–Kier alpha value is -1.79.